The molecule has 152 valence electrons. The molecular formula is C20H24N6O2S. The van der Waals surface area contributed by atoms with Crippen LogP contribution in [0.2, 0.25) is 0 Å². The van der Waals surface area contributed by atoms with Gasteiger partial charge >= 0.3 is 0 Å². The zero-order valence-corrected chi connectivity index (χ0v) is 17.5. The van der Waals surface area contributed by atoms with Gasteiger partial charge in [-0.15, -0.1) is 5.10 Å². The van der Waals surface area contributed by atoms with Crippen molar-refractivity contribution in [2.75, 3.05) is 33.5 Å². The zero-order chi connectivity index (χ0) is 20.6. The maximum absolute atomic E-state index is 12.4. The highest BCUT2D eigenvalue weighted by Gasteiger charge is 2.16. The van der Waals surface area contributed by atoms with Gasteiger partial charge in [0.05, 0.1) is 24.6 Å². The SMILES string of the molecule is COc1ccc(-n2nnnc2SCC(=O)NC[C@@H](c2ccccc2)N(C)C)cc1. The van der Waals surface area contributed by atoms with Crippen LogP contribution in [0.5, 0.6) is 5.75 Å². The molecule has 0 unspecified atom stereocenters. The fraction of sp³-hybridized carbons (Fsp3) is 0.300. The summed E-state index contributed by atoms with van der Waals surface area (Å²) in [7, 11) is 5.62. The molecule has 9 heteroatoms. The molecule has 0 fully saturated rings. The number of methoxy groups -OCH3 is 1. The van der Waals surface area contributed by atoms with E-state index in [-0.39, 0.29) is 17.7 Å². The highest BCUT2D eigenvalue weighted by Crippen LogP contribution is 2.20. The molecule has 3 aromatic rings. The third kappa shape index (κ3) is 5.55. The van der Waals surface area contributed by atoms with Crippen LogP contribution in [0.4, 0.5) is 0 Å². The molecule has 8 nitrogen and oxygen atoms in total. The van der Waals surface area contributed by atoms with Gasteiger partial charge in [-0.25, -0.2) is 0 Å². The molecule has 0 radical (unpaired) electrons. The average Bonchev–Trinajstić information content (AvgIpc) is 3.21. The number of nitrogens with zero attached hydrogens (tertiary/aromatic N) is 5. The Kier molecular flexibility index (Phi) is 7.20. The minimum absolute atomic E-state index is 0.0675. The summed E-state index contributed by atoms with van der Waals surface area (Å²) >= 11 is 1.29. The van der Waals surface area contributed by atoms with Gasteiger partial charge in [0, 0.05) is 6.54 Å². The van der Waals surface area contributed by atoms with E-state index in [1.807, 2.05) is 56.6 Å². The van der Waals surface area contributed by atoms with E-state index in [1.165, 1.54) is 11.8 Å². The molecular weight excluding hydrogens is 388 g/mol. The predicted molar refractivity (Wildman–Crippen MR) is 112 cm³/mol. The summed E-state index contributed by atoms with van der Waals surface area (Å²) < 4.78 is 6.77. The number of aromatic nitrogens is 4. The minimum Gasteiger partial charge on any atom is -0.497 e. The van der Waals surface area contributed by atoms with Crippen molar-refractivity contribution < 1.29 is 9.53 Å². The van der Waals surface area contributed by atoms with Gasteiger partial charge in [0.1, 0.15) is 5.75 Å². The summed E-state index contributed by atoms with van der Waals surface area (Å²) in [6.07, 6.45) is 0. The number of nitrogens with one attached hydrogen (secondary N) is 1. The number of likely N-dealkylation sites (N-methyl/N-ethyl adjacent to an activating group) is 1. The lowest BCUT2D eigenvalue weighted by atomic mass is 10.1. The molecule has 0 aliphatic rings. The van der Waals surface area contributed by atoms with Gasteiger partial charge < -0.3 is 15.0 Å². The van der Waals surface area contributed by atoms with E-state index >= 15 is 0 Å². The van der Waals surface area contributed by atoms with Crippen LogP contribution in [0.25, 0.3) is 5.69 Å². The minimum atomic E-state index is -0.0675. The Labute approximate surface area is 174 Å². The number of amides is 1. The van der Waals surface area contributed by atoms with Gasteiger partial charge in [-0.2, -0.15) is 4.68 Å². The third-order valence-corrected chi connectivity index (χ3v) is 5.31. The standard InChI is InChI=1S/C20H24N6O2S/c1-25(2)18(15-7-5-4-6-8-15)13-21-19(27)14-29-20-22-23-24-26(20)16-9-11-17(28-3)12-10-16/h4-12,18H,13-14H2,1-3H3,(H,21,27)/t18-/m0/s1. The van der Waals surface area contributed by atoms with E-state index in [0.717, 1.165) is 17.0 Å². The number of hydrogen-bond acceptors (Lipinski definition) is 7. The molecule has 0 aliphatic heterocycles. The van der Waals surface area contributed by atoms with E-state index in [9.17, 15) is 4.79 Å². The first-order valence-corrected chi connectivity index (χ1v) is 10.1. The third-order valence-electron chi connectivity index (χ3n) is 4.39. The first kappa shape index (κ1) is 20.8. The van der Waals surface area contributed by atoms with Crippen molar-refractivity contribution in [3.63, 3.8) is 0 Å². The van der Waals surface area contributed by atoms with Crippen molar-refractivity contribution in [3.8, 4) is 11.4 Å². The van der Waals surface area contributed by atoms with Gasteiger partial charge in [-0.3, -0.25) is 4.79 Å². The molecule has 0 saturated carbocycles. The summed E-state index contributed by atoms with van der Waals surface area (Å²) in [5.41, 5.74) is 1.96. The summed E-state index contributed by atoms with van der Waals surface area (Å²) in [6, 6.07) is 17.6. The first-order valence-electron chi connectivity index (χ1n) is 9.12. The van der Waals surface area contributed by atoms with Crippen LogP contribution in [-0.2, 0) is 4.79 Å². The zero-order valence-electron chi connectivity index (χ0n) is 16.6. The van der Waals surface area contributed by atoms with E-state index in [1.54, 1.807) is 11.8 Å². The normalized spacial score (nSPS) is 12.0. The Morgan fingerprint density at radius 1 is 1.17 bits per heavy atom. The molecule has 0 bridgehead atoms. The second kappa shape index (κ2) is 10.0. The molecule has 1 atom stereocenters. The number of tetrazole rings is 1. The van der Waals surface area contributed by atoms with Crippen LogP contribution in [-0.4, -0.2) is 64.5 Å². The number of rotatable bonds is 9. The number of hydrogen-bond donors (Lipinski definition) is 1. The molecule has 29 heavy (non-hydrogen) atoms. The maximum atomic E-state index is 12.4. The van der Waals surface area contributed by atoms with Crippen LogP contribution in [0, 0.1) is 0 Å². The topological polar surface area (TPSA) is 85.2 Å². The van der Waals surface area contributed by atoms with Crippen LogP contribution in [0.1, 0.15) is 11.6 Å². The molecule has 0 aliphatic carbocycles. The van der Waals surface area contributed by atoms with Crippen molar-refractivity contribution in [2.24, 2.45) is 0 Å². The summed E-state index contributed by atoms with van der Waals surface area (Å²) in [5, 5.41) is 15.3. The monoisotopic (exact) mass is 412 g/mol. The van der Waals surface area contributed by atoms with Gasteiger partial charge in [-0.1, -0.05) is 42.1 Å². The van der Waals surface area contributed by atoms with Gasteiger partial charge in [-0.05, 0) is 54.4 Å². The van der Waals surface area contributed by atoms with Crippen LogP contribution in [0.15, 0.2) is 59.8 Å². The van der Waals surface area contributed by atoms with Crippen molar-refractivity contribution >= 4 is 17.7 Å². The molecule has 0 saturated heterocycles. The van der Waals surface area contributed by atoms with E-state index in [2.05, 4.69) is 37.9 Å². The van der Waals surface area contributed by atoms with Gasteiger partial charge in [0.2, 0.25) is 11.1 Å². The lowest BCUT2D eigenvalue weighted by Crippen LogP contribution is -2.35. The van der Waals surface area contributed by atoms with E-state index in [4.69, 9.17) is 4.74 Å². The Morgan fingerprint density at radius 2 is 1.90 bits per heavy atom. The van der Waals surface area contributed by atoms with Crippen LogP contribution >= 0.6 is 11.8 Å². The molecule has 1 heterocycles. The lowest BCUT2D eigenvalue weighted by Gasteiger charge is -2.25. The van der Waals surface area contributed by atoms with Gasteiger partial charge in [0.25, 0.3) is 0 Å². The van der Waals surface area contributed by atoms with Crippen molar-refractivity contribution in [3.05, 3.63) is 60.2 Å². The fourth-order valence-corrected chi connectivity index (χ4v) is 3.54. The Balaban J connectivity index is 1.56. The summed E-state index contributed by atoms with van der Waals surface area (Å²) in [6.45, 7) is 0.528. The van der Waals surface area contributed by atoms with E-state index < -0.39 is 0 Å². The Bertz CT molecular complexity index is 914. The quantitative estimate of drug-likeness (QED) is 0.539. The first-order chi connectivity index (χ1) is 14.1. The van der Waals surface area contributed by atoms with Gasteiger partial charge in [0.15, 0.2) is 0 Å². The molecule has 1 aromatic heterocycles. The van der Waals surface area contributed by atoms with Crippen molar-refractivity contribution in [1.29, 1.82) is 0 Å². The Morgan fingerprint density at radius 3 is 2.55 bits per heavy atom. The molecule has 2 aromatic carbocycles. The second-order valence-electron chi connectivity index (χ2n) is 6.55. The maximum Gasteiger partial charge on any atom is 0.230 e. The average molecular weight is 413 g/mol. The van der Waals surface area contributed by atoms with Crippen molar-refractivity contribution in [1.82, 2.24) is 30.4 Å². The number of thioether (sulfide) groups is 1. The van der Waals surface area contributed by atoms with E-state index in [0.29, 0.717) is 11.7 Å². The summed E-state index contributed by atoms with van der Waals surface area (Å²) in [4.78, 5) is 14.5. The van der Waals surface area contributed by atoms with Crippen molar-refractivity contribution in [2.45, 2.75) is 11.2 Å². The predicted octanol–water partition coefficient (Wildman–Crippen LogP) is 2.18. The fourth-order valence-electron chi connectivity index (χ4n) is 2.82. The lowest BCUT2D eigenvalue weighted by molar-refractivity contribution is -0.118. The molecule has 3 rings (SSSR count). The number of carbonyl (C=O) groups is 1. The summed E-state index contributed by atoms with van der Waals surface area (Å²) in [5.74, 6) is 0.914. The highest BCUT2D eigenvalue weighted by molar-refractivity contribution is 7.99. The second-order valence-corrected chi connectivity index (χ2v) is 7.50. The highest BCUT2D eigenvalue weighted by atomic mass is 32.2. The molecule has 0 spiro atoms. The smallest absolute Gasteiger partial charge is 0.230 e. The Hall–Kier alpha value is -2.91. The molecule has 1 amide bonds. The largest absolute Gasteiger partial charge is 0.497 e. The number of benzene rings is 2. The number of ether oxygens (including phenoxy) is 1. The van der Waals surface area contributed by atoms with Crippen LogP contribution < -0.4 is 10.1 Å². The van der Waals surface area contributed by atoms with Crippen LogP contribution in [0.3, 0.4) is 0 Å². The molecule has 1 N–H and O–H groups in total. The number of carbonyl (C=O) groups excluding carboxylic acids is 1.